The molecular weight excluding hydrogens is 289 g/mol. The third-order valence-corrected chi connectivity index (χ3v) is 4.52. The molecular formula is C18H22BNO3. The van der Waals surface area contributed by atoms with Gasteiger partial charge in [0.25, 0.3) is 0 Å². The highest BCUT2D eigenvalue weighted by molar-refractivity contribution is 6.63. The van der Waals surface area contributed by atoms with Gasteiger partial charge in [-0.2, -0.15) is 0 Å². The molecule has 1 aromatic carbocycles. The molecule has 3 rings (SSSR count). The number of hydrogen-bond donors (Lipinski definition) is 0. The molecule has 1 aliphatic rings. The first-order valence-electron chi connectivity index (χ1n) is 7.84. The third-order valence-electron chi connectivity index (χ3n) is 4.52. The Morgan fingerprint density at radius 1 is 1.00 bits per heavy atom. The van der Waals surface area contributed by atoms with Gasteiger partial charge in [-0.3, -0.25) is 0 Å². The second kappa shape index (κ2) is 5.66. The van der Waals surface area contributed by atoms with E-state index in [0.717, 1.165) is 11.0 Å². The summed E-state index contributed by atoms with van der Waals surface area (Å²) in [5.74, 6) is 1.25. The van der Waals surface area contributed by atoms with E-state index in [0.29, 0.717) is 11.6 Å². The Kier molecular flexibility index (Phi) is 3.94. The van der Waals surface area contributed by atoms with Crippen LogP contribution in [0.1, 0.15) is 33.3 Å². The van der Waals surface area contributed by atoms with E-state index in [-0.39, 0.29) is 11.2 Å². The van der Waals surface area contributed by atoms with Crippen molar-refractivity contribution in [3.63, 3.8) is 0 Å². The van der Waals surface area contributed by atoms with Crippen LogP contribution >= 0.6 is 0 Å². The third kappa shape index (κ3) is 3.12. The summed E-state index contributed by atoms with van der Waals surface area (Å²) in [5.41, 5.74) is 1.24. The van der Waals surface area contributed by atoms with E-state index >= 15 is 0 Å². The summed E-state index contributed by atoms with van der Waals surface area (Å²) in [7, 11) is -0.460. The van der Waals surface area contributed by atoms with Crippen LogP contribution in [0.4, 0.5) is 0 Å². The standard InChI is InChI=1S/C18H22BNO3/c1-13-9-10-15(21-16-8-6-7-11-20-16)14(12-13)19-22-17(2,3)18(4,5)23-19/h6-12H,1-5H3. The smallest absolute Gasteiger partial charge is 0.439 e. The van der Waals surface area contributed by atoms with Gasteiger partial charge < -0.3 is 14.0 Å². The van der Waals surface area contributed by atoms with Crippen molar-refractivity contribution in [2.75, 3.05) is 0 Å². The summed E-state index contributed by atoms with van der Waals surface area (Å²) >= 11 is 0. The Morgan fingerprint density at radius 2 is 1.70 bits per heavy atom. The highest BCUT2D eigenvalue weighted by Gasteiger charge is 2.52. The molecule has 0 radical (unpaired) electrons. The number of hydrogen-bond acceptors (Lipinski definition) is 4. The van der Waals surface area contributed by atoms with Gasteiger partial charge in [-0.1, -0.05) is 23.8 Å². The summed E-state index contributed by atoms with van der Waals surface area (Å²) in [6.07, 6.45) is 1.71. The van der Waals surface area contributed by atoms with Crippen molar-refractivity contribution in [1.29, 1.82) is 0 Å². The molecule has 1 aliphatic heterocycles. The maximum Gasteiger partial charge on any atom is 0.498 e. The van der Waals surface area contributed by atoms with Gasteiger partial charge in [0, 0.05) is 17.7 Å². The lowest BCUT2D eigenvalue weighted by Gasteiger charge is -2.32. The van der Waals surface area contributed by atoms with Crippen LogP contribution in [0.15, 0.2) is 42.6 Å². The highest BCUT2D eigenvalue weighted by Crippen LogP contribution is 2.37. The van der Waals surface area contributed by atoms with Crippen molar-refractivity contribution in [3.8, 4) is 11.6 Å². The molecule has 0 saturated carbocycles. The molecule has 5 heteroatoms. The second-order valence-electron chi connectivity index (χ2n) is 6.90. The number of pyridine rings is 1. The van der Waals surface area contributed by atoms with Crippen LogP contribution in [0, 0.1) is 6.92 Å². The van der Waals surface area contributed by atoms with Gasteiger partial charge in [-0.05, 0) is 46.8 Å². The van der Waals surface area contributed by atoms with E-state index in [1.807, 2.05) is 71.0 Å². The molecule has 1 fully saturated rings. The summed E-state index contributed by atoms with van der Waals surface area (Å²) in [4.78, 5) is 4.22. The van der Waals surface area contributed by atoms with Gasteiger partial charge in [0.15, 0.2) is 0 Å². The van der Waals surface area contributed by atoms with Crippen LogP contribution in [-0.4, -0.2) is 23.3 Å². The Balaban J connectivity index is 1.95. The molecule has 0 aliphatic carbocycles. The molecule has 1 aromatic heterocycles. The van der Waals surface area contributed by atoms with Gasteiger partial charge in [0.1, 0.15) is 5.75 Å². The van der Waals surface area contributed by atoms with E-state index in [1.54, 1.807) is 6.20 Å². The average Bonchev–Trinajstić information content (AvgIpc) is 2.70. The van der Waals surface area contributed by atoms with Gasteiger partial charge in [0.2, 0.25) is 5.88 Å². The van der Waals surface area contributed by atoms with Gasteiger partial charge in [-0.15, -0.1) is 0 Å². The predicted molar refractivity (Wildman–Crippen MR) is 91.2 cm³/mol. The van der Waals surface area contributed by atoms with E-state index in [9.17, 15) is 0 Å². The Labute approximate surface area is 137 Å². The van der Waals surface area contributed by atoms with E-state index in [4.69, 9.17) is 14.0 Å². The van der Waals surface area contributed by atoms with E-state index < -0.39 is 7.12 Å². The SMILES string of the molecule is Cc1ccc(Oc2ccccn2)c(B2OC(C)(C)C(C)(C)O2)c1. The number of aryl methyl sites for hydroxylation is 1. The number of benzene rings is 1. The Bertz CT molecular complexity index is 685. The first kappa shape index (κ1) is 16.0. The van der Waals surface area contributed by atoms with Crippen LogP contribution in [0.3, 0.4) is 0 Å². The number of ether oxygens (including phenoxy) is 1. The predicted octanol–water partition coefficient (Wildman–Crippen LogP) is 3.48. The summed E-state index contributed by atoms with van der Waals surface area (Å²) in [6.45, 7) is 10.2. The topological polar surface area (TPSA) is 40.6 Å². The lowest BCUT2D eigenvalue weighted by molar-refractivity contribution is 0.00578. The molecule has 0 N–H and O–H groups in total. The minimum atomic E-state index is -0.460. The molecule has 120 valence electrons. The minimum Gasteiger partial charge on any atom is -0.439 e. The van der Waals surface area contributed by atoms with Crippen LogP contribution in [0.2, 0.25) is 0 Å². The molecule has 0 bridgehead atoms. The number of rotatable bonds is 3. The molecule has 4 nitrogen and oxygen atoms in total. The minimum absolute atomic E-state index is 0.385. The summed E-state index contributed by atoms with van der Waals surface area (Å²) < 4.78 is 18.3. The molecule has 0 spiro atoms. The molecule has 0 unspecified atom stereocenters. The van der Waals surface area contributed by atoms with Crippen molar-refractivity contribution >= 4 is 12.6 Å². The van der Waals surface area contributed by atoms with Crippen molar-refractivity contribution in [3.05, 3.63) is 48.2 Å². The first-order chi connectivity index (χ1) is 10.8. The first-order valence-corrected chi connectivity index (χ1v) is 7.84. The largest absolute Gasteiger partial charge is 0.498 e. The maximum absolute atomic E-state index is 6.16. The van der Waals surface area contributed by atoms with Crippen LogP contribution in [-0.2, 0) is 9.31 Å². The van der Waals surface area contributed by atoms with Crippen LogP contribution in [0.25, 0.3) is 0 Å². The fourth-order valence-electron chi connectivity index (χ4n) is 2.44. The van der Waals surface area contributed by atoms with Crippen LogP contribution < -0.4 is 10.2 Å². The fourth-order valence-corrected chi connectivity index (χ4v) is 2.44. The van der Waals surface area contributed by atoms with Gasteiger partial charge in [-0.25, -0.2) is 4.98 Å². The molecule has 23 heavy (non-hydrogen) atoms. The molecule has 1 saturated heterocycles. The molecule has 2 heterocycles. The quantitative estimate of drug-likeness (QED) is 0.814. The highest BCUT2D eigenvalue weighted by atomic mass is 16.7. The number of aromatic nitrogens is 1. The molecule has 0 atom stereocenters. The Hall–Kier alpha value is -1.85. The molecule has 2 aromatic rings. The van der Waals surface area contributed by atoms with Crippen molar-refractivity contribution in [2.45, 2.75) is 45.8 Å². The lowest BCUT2D eigenvalue weighted by Crippen LogP contribution is -2.41. The van der Waals surface area contributed by atoms with Gasteiger partial charge in [0.05, 0.1) is 11.2 Å². The Morgan fingerprint density at radius 3 is 2.30 bits per heavy atom. The number of nitrogens with zero attached hydrogens (tertiary/aromatic N) is 1. The summed E-state index contributed by atoms with van der Waals surface area (Å²) in [5, 5.41) is 0. The van der Waals surface area contributed by atoms with Crippen LogP contribution in [0.5, 0.6) is 11.6 Å². The average molecular weight is 311 g/mol. The monoisotopic (exact) mass is 311 g/mol. The summed E-state index contributed by atoms with van der Waals surface area (Å²) in [6, 6.07) is 11.6. The maximum atomic E-state index is 6.16. The second-order valence-corrected chi connectivity index (χ2v) is 6.90. The lowest BCUT2D eigenvalue weighted by atomic mass is 9.77. The van der Waals surface area contributed by atoms with Crippen molar-refractivity contribution in [1.82, 2.24) is 4.98 Å². The molecule has 0 amide bonds. The zero-order valence-corrected chi connectivity index (χ0v) is 14.3. The fraction of sp³-hybridized carbons (Fsp3) is 0.389. The normalized spacial score (nSPS) is 18.9. The zero-order chi connectivity index (χ0) is 16.7. The van der Waals surface area contributed by atoms with Gasteiger partial charge >= 0.3 is 7.12 Å². The van der Waals surface area contributed by atoms with Crippen molar-refractivity contribution in [2.24, 2.45) is 0 Å². The van der Waals surface area contributed by atoms with E-state index in [1.165, 1.54) is 0 Å². The zero-order valence-electron chi connectivity index (χ0n) is 14.3. The van der Waals surface area contributed by atoms with E-state index in [2.05, 4.69) is 4.98 Å². The van der Waals surface area contributed by atoms with Crippen molar-refractivity contribution < 1.29 is 14.0 Å².